The summed E-state index contributed by atoms with van der Waals surface area (Å²) < 4.78 is 16.6. The molecule has 112 valence electrons. The fourth-order valence-corrected chi connectivity index (χ4v) is 2.14. The molecule has 0 unspecified atom stereocenters. The van der Waals surface area contributed by atoms with Gasteiger partial charge in [0.1, 0.15) is 29.8 Å². The number of oxazole rings is 1. The number of epoxide rings is 1. The lowest BCUT2D eigenvalue weighted by Gasteiger charge is -2.02. The Morgan fingerprint density at radius 3 is 2.95 bits per heavy atom. The van der Waals surface area contributed by atoms with E-state index in [4.69, 9.17) is 13.9 Å². The summed E-state index contributed by atoms with van der Waals surface area (Å²) in [6, 6.07) is 9.42. The van der Waals surface area contributed by atoms with Gasteiger partial charge in [0.2, 0.25) is 5.89 Å². The molecule has 1 atom stereocenters. The van der Waals surface area contributed by atoms with Crippen molar-refractivity contribution in [1.82, 2.24) is 9.97 Å². The van der Waals surface area contributed by atoms with E-state index in [2.05, 4.69) is 15.3 Å². The SMILES string of the molecule is CNc1ccc(-c2nc3cc(OC[C@H]4CO4)ccc3o2)cn1. The van der Waals surface area contributed by atoms with Crippen LogP contribution in [0.4, 0.5) is 5.82 Å². The smallest absolute Gasteiger partial charge is 0.228 e. The molecule has 0 saturated carbocycles. The largest absolute Gasteiger partial charge is 0.491 e. The molecule has 1 aromatic carbocycles. The Hall–Kier alpha value is -2.60. The lowest BCUT2D eigenvalue weighted by atomic mass is 10.3. The van der Waals surface area contributed by atoms with Gasteiger partial charge in [-0.1, -0.05) is 0 Å². The fraction of sp³-hybridized carbons (Fsp3) is 0.250. The third kappa shape index (κ3) is 2.60. The maximum atomic E-state index is 5.77. The molecule has 0 bridgehead atoms. The van der Waals surface area contributed by atoms with Gasteiger partial charge in [-0.15, -0.1) is 0 Å². The van der Waals surface area contributed by atoms with Crippen LogP contribution in [-0.2, 0) is 4.74 Å². The Kier molecular flexibility index (Phi) is 3.16. The number of nitrogens with one attached hydrogen (secondary N) is 1. The molecular weight excluding hydrogens is 282 g/mol. The summed E-state index contributed by atoms with van der Waals surface area (Å²) in [5.74, 6) is 2.12. The number of rotatable bonds is 5. The summed E-state index contributed by atoms with van der Waals surface area (Å²) in [4.78, 5) is 8.77. The molecular formula is C16H15N3O3. The van der Waals surface area contributed by atoms with Crippen molar-refractivity contribution in [3.8, 4) is 17.2 Å². The quantitative estimate of drug-likeness (QED) is 0.730. The fourth-order valence-electron chi connectivity index (χ4n) is 2.14. The van der Waals surface area contributed by atoms with Gasteiger partial charge < -0.3 is 19.2 Å². The van der Waals surface area contributed by atoms with Crippen molar-refractivity contribution in [3.63, 3.8) is 0 Å². The summed E-state index contributed by atoms with van der Waals surface area (Å²) in [7, 11) is 1.83. The predicted molar refractivity (Wildman–Crippen MR) is 82.0 cm³/mol. The zero-order valence-corrected chi connectivity index (χ0v) is 12.1. The van der Waals surface area contributed by atoms with E-state index in [0.717, 1.165) is 34.8 Å². The standard InChI is InChI=1S/C16H15N3O3/c1-17-15-5-2-10(7-18-15)16-19-13-6-11(3-4-14(13)22-16)20-8-12-9-21-12/h2-7,12H,8-9H2,1H3,(H,17,18)/t12-/m0/s1. The van der Waals surface area contributed by atoms with Crippen LogP contribution in [0.25, 0.3) is 22.6 Å². The summed E-state index contributed by atoms with van der Waals surface area (Å²) in [5.41, 5.74) is 2.33. The van der Waals surface area contributed by atoms with Gasteiger partial charge in [0.15, 0.2) is 5.58 Å². The van der Waals surface area contributed by atoms with Crippen molar-refractivity contribution in [2.75, 3.05) is 25.6 Å². The Morgan fingerprint density at radius 2 is 2.23 bits per heavy atom. The van der Waals surface area contributed by atoms with Gasteiger partial charge in [-0.2, -0.15) is 0 Å². The van der Waals surface area contributed by atoms with E-state index in [-0.39, 0.29) is 6.10 Å². The summed E-state index contributed by atoms with van der Waals surface area (Å²) in [5, 5.41) is 2.98. The number of benzene rings is 1. The van der Waals surface area contributed by atoms with Crippen molar-refractivity contribution in [2.24, 2.45) is 0 Å². The van der Waals surface area contributed by atoms with Crippen LogP contribution in [0.2, 0.25) is 0 Å². The van der Waals surface area contributed by atoms with Gasteiger partial charge in [-0.25, -0.2) is 9.97 Å². The van der Waals surface area contributed by atoms with Crippen molar-refractivity contribution < 1.29 is 13.9 Å². The lowest BCUT2D eigenvalue weighted by molar-refractivity contribution is 0.263. The van der Waals surface area contributed by atoms with Crippen LogP contribution < -0.4 is 10.1 Å². The van der Waals surface area contributed by atoms with E-state index in [1.165, 1.54) is 0 Å². The first-order chi connectivity index (χ1) is 10.8. The molecule has 4 rings (SSSR count). The highest BCUT2D eigenvalue weighted by Gasteiger charge is 2.23. The number of aromatic nitrogens is 2. The molecule has 1 saturated heterocycles. The molecule has 1 N–H and O–H groups in total. The van der Waals surface area contributed by atoms with Crippen LogP contribution in [0.1, 0.15) is 0 Å². The van der Waals surface area contributed by atoms with Crippen molar-refractivity contribution in [3.05, 3.63) is 36.5 Å². The molecule has 0 spiro atoms. The zero-order valence-electron chi connectivity index (χ0n) is 12.1. The average molecular weight is 297 g/mol. The minimum Gasteiger partial charge on any atom is -0.491 e. The van der Waals surface area contributed by atoms with Crippen molar-refractivity contribution >= 4 is 16.9 Å². The van der Waals surface area contributed by atoms with Gasteiger partial charge in [0, 0.05) is 19.3 Å². The Morgan fingerprint density at radius 1 is 1.32 bits per heavy atom. The molecule has 3 aromatic rings. The molecule has 3 heterocycles. The van der Waals surface area contributed by atoms with E-state index < -0.39 is 0 Å². The topological polar surface area (TPSA) is 72.7 Å². The maximum absolute atomic E-state index is 5.77. The first-order valence-corrected chi connectivity index (χ1v) is 7.11. The van der Waals surface area contributed by atoms with E-state index in [1.807, 2.05) is 37.4 Å². The average Bonchev–Trinajstić information content (AvgIpc) is 3.30. The zero-order chi connectivity index (χ0) is 14.9. The predicted octanol–water partition coefficient (Wildman–Crippen LogP) is 2.71. The Balaban J connectivity index is 1.60. The maximum Gasteiger partial charge on any atom is 0.228 e. The number of anilines is 1. The van der Waals surface area contributed by atoms with Crippen LogP contribution in [0.5, 0.6) is 5.75 Å². The summed E-state index contributed by atoms with van der Waals surface area (Å²) in [6.45, 7) is 1.36. The van der Waals surface area contributed by atoms with E-state index in [9.17, 15) is 0 Å². The second-order valence-corrected chi connectivity index (χ2v) is 5.10. The van der Waals surface area contributed by atoms with Gasteiger partial charge in [0.25, 0.3) is 0 Å². The Labute approximate surface area is 127 Å². The lowest BCUT2D eigenvalue weighted by Crippen LogP contribution is -2.03. The third-order valence-electron chi connectivity index (χ3n) is 3.46. The van der Waals surface area contributed by atoms with Crippen LogP contribution >= 0.6 is 0 Å². The third-order valence-corrected chi connectivity index (χ3v) is 3.46. The highest BCUT2D eigenvalue weighted by molar-refractivity contribution is 5.77. The highest BCUT2D eigenvalue weighted by Crippen LogP contribution is 2.27. The number of ether oxygens (including phenoxy) is 2. The monoisotopic (exact) mass is 297 g/mol. The van der Waals surface area contributed by atoms with Gasteiger partial charge in [-0.05, 0) is 24.3 Å². The molecule has 0 amide bonds. The Bertz CT molecular complexity index is 794. The van der Waals surface area contributed by atoms with E-state index >= 15 is 0 Å². The van der Waals surface area contributed by atoms with Crippen LogP contribution in [0, 0.1) is 0 Å². The first-order valence-electron chi connectivity index (χ1n) is 7.11. The number of hydrogen-bond donors (Lipinski definition) is 1. The van der Waals surface area contributed by atoms with Crippen LogP contribution in [0.3, 0.4) is 0 Å². The number of nitrogens with zero attached hydrogens (tertiary/aromatic N) is 2. The van der Waals surface area contributed by atoms with E-state index in [1.54, 1.807) is 6.20 Å². The molecule has 0 aliphatic carbocycles. The normalized spacial score (nSPS) is 16.7. The second-order valence-electron chi connectivity index (χ2n) is 5.10. The minimum atomic E-state index is 0.236. The molecule has 6 heteroatoms. The minimum absolute atomic E-state index is 0.236. The second kappa shape index (κ2) is 5.31. The van der Waals surface area contributed by atoms with Gasteiger partial charge >= 0.3 is 0 Å². The molecule has 1 aliphatic heterocycles. The molecule has 1 fully saturated rings. The van der Waals surface area contributed by atoms with Crippen molar-refractivity contribution in [2.45, 2.75) is 6.10 Å². The van der Waals surface area contributed by atoms with Crippen LogP contribution in [-0.4, -0.2) is 36.3 Å². The van der Waals surface area contributed by atoms with E-state index in [0.29, 0.717) is 12.5 Å². The van der Waals surface area contributed by atoms with Gasteiger partial charge in [0.05, 0.1) is 12.2 Å². The number of hydrogen-bond acceptors (Lipinski definition) is 6. The van der Waals surface area contributed by atoms with Crippen LogP contribution in [0.15, 0.2) is 40.9 Å². The van der Waals surface area contributed by atoms with Gasteiger partial charge in [-0.3, -0.25) is 0 Å². The van der Waals surface area contributed by atoms with Crippen molar-refractivity contribution in [1.29, 1.82) is 0 Å². The molecule has 0 radical (unpaired) electrons. The number of fused-ring (bicyclic) bond motifs is 1. The summed E-state index contributed by atoms with van der Waals surface area (Å²) in [6.07, 6.45) is 1.97. The molecule has 22 heavy (non-hydrogen) atoms. The molecule has 2 aromatic heterocycles. The molecule has 1 aliphatic rings. The molecule has 6 nitrogen and oxygen atoms in total. The summed E-state index contributed by atoms with van der Waals surface area (Å²) >= 11 is 0. The number of pyridine rings is 1. The highest BCUT2D eigenvalue weighted by atomic mass is 16.6. The first kappa shape index (κ1) is 13.1.